The number of nitrogens with zero attached hydrogens (tertiary/aromatic N) is 1. The van der Waals surface area contributed by atoms with Gasteiger partial charge in [0.2, 0.25) is 0 Å². The molecule has 0 saturated carbocycles. The normalized spacial score (nSPS) is 11.2. The van der Waals surface area contributed by atoms with E-state index in [0.29, 0.717) is 11.3 Å². The minimum atomic E-state index is -1.85. The number of rotatable bonds is 0. The molecular formula is C7HF4NS2. The smallest absolute Gasteiger partial charge is 0.199 e. The minimum Gasteiger partial charge on any atom is -0.227 e. The van der Waals surface area contributed by atoms with Crippen LogP contribution in [0.25, 0.3) is 10.2 Å². The lowest BCUT2D eigenvalue weighted by Crippen LogP contribution is -1.96. The molecule has 2 rings (SSSR count). The van der Waals surface area contributed by atoms with Gasteiger partial charge in [-0.15, -0.1) is 24.0 Å². The summed E-state index contributed by atoms with van der Waals surface area (Å²) in [6, 6.07) is 0. The van der Waals surface area contributed by atoms with E-state index in [1.54, 1.807) is 0 Å². The van der Waals surface area contributed by atoms with Gasteiger partial charge in [-0.2, -0.15) is 0 Å². The van der Waals surface area contributed by atoms with Crippen molar-refractivity contribution >= 4 is 34.2 Å². The number of thiol groups is 1. The molecule has 0 radical (unpaired) electrons. The van der Waals surface area contributed by atoms with Crippen LogP contribution < -0.4 is 0 Å². The van der Waals surface area contributed by atoms with E-state index in [9.17, 15) is 17.6 Å². The molecule has 0 saturated heterocycles. The summed E-state index contributed by atoms with van der Waals surface area (Å²) in [6.45, 7) is 0. The number of thiazole rings is 1. The quantitative estimate of drug-likeness (QED) is 0.322. The van der Waals surface area contributed by atoms with Gasteiger partial charge in [0.15, 0.2) is 23.3 Å². The molecule has 0 unspecified atom stereocenters. The van der Waals surface area contributed by atoms with Gasteiger partial charge in [-0.25, -0.2) is 22.5 Å². The van der Waals surface area contributed by atoms with Gasteiger partial charge in [0.25, 0.3) is 0 Å². The monoisotopic (exact) mass is 239 g/mol. The van der Waals surface area contributed by atoms with Crippen LogP contribution in [0.1, 0.15) is 0 Å². The molecule has 1 aromatic carbocycles. The molecule has 0 aliphatic carbocycles. The SMILES string of the molecule is Fc1c(F)c(F)c2sc(S)nc2c1F. The first kappa shape index (κ1) is 9.72. The lowest BCUT2D eigenvalue weighted by atomic mass is 10.3. The van der Waals surface area contributed by atoms with E-state index < -0.39 is 28.8 Å². The highest BCUT2D eigenvalue weighted by Crippen LogP contribution is 2.31. The summed E-state index contributed by atoms with van der Waals surface area (Å²) in [7, 11) is 0. The Morgan fingerprint density at radius 3 is 2.14 bits per heavy atom. The van der Waals surface area contributed by atoms with Gasteiger partial charge in [-0.1, -0.05) is 0 Å². The van der Waals surface area contributed by atoms with Crippen LogP contribution >= 0.6 is 24.0 Å². The van der Waals surface area contributed by atoms with Gasteiger partial charge >= 0.3 is 0 Å². The first-order chi connectivity index (χ1) is 6.52. The van der Waals surface area contributed by atoms with Gasteiger partial charge in [0, 0.05) is 0 Å². The van der Waals surface area contributed by atoms with Crippen molar-refractivity contribution in [3.05, 3.63) is 23.3 Å². The Labute approximate surface area is 84.8 Å². The molecule has 74 valence electrons. The van der Waals surface area contributed by atoms with E-state index >= 15 is 0 Å². The van der Waals surface area contributed by atoms with Gasteiger partial charge in [-0.05, 0) is 0 Å². The molecule has 0 bridgehead atoms. The first-order valence-corrected chi connectivity index (χ1v) is 4.60. The summed E-state index contributed by atoms with van der Waals surface area (Å²) < 4.78 is 51.0. The Morgan fingerprint density at radius 2 is 1.50 bits per heavy atom. The molecule has 1 nitrogen and oxygen atoms in total. The number of benzene rings is 1. The van der Waals surface area contributed by atoms with Gasteiger partial charge in [0.1, 0.15) is 9.86 Å². The summed E-state index contributed by atoms with van der Waals surface area (Å²) >= 11 is 4.38. The molecular weight excluding hydrogens is 238 g/mol. The molecule has 0 atom stereocenters. The standard InChI is InChI=1S/C7HF4NS2/c8-1-2(9)4(11)6-5(3(1)10)12-7(13)14-6/h(H,12,13). The third-order valence-corrected chi connectivity index (χ3v) is 2.83. The number of fused-ring (bicyclic) bond motifs is 1. The highest BCUT2D eigenvalue weighted by Gasteiger charge is 2.22. The zero-order chi connectivity index (χ0) is 10.5. The van der Waals surface area contributed by atoms with Gasteiger partial charge in [0.05, 0.1) is 4.70 Å². The molecule has 1 aromatic heterocycles. The second-order valence-corrected chi connectivity index (χ2v) is 4.16. The van der Waals surface area contributed by atoms with Gasteiger partial charge in [-0.3, -0.25) is 0 Å². The van der Waals surface area contributed by atoms with Crippen LogP contribution in [-0.2, 0) is 0 Å². The van der Waals surface area contributed by atoms with Gasteiger partial charge < -0.3 is 0 Å². The minimum absolute atomic E-state index is 0.0443. The summed E-state index contributed by atoms with van der Waals surface area (Å²) in [5.74, 6) is -6.60. The predicted molar refractivity (Wildman–Crippen MR) is 46.7 cm³/mol. The molecule has 0 fully saturated rings. The Balaban J connectivity index is 3.01. The van der Waals surface area contributed by atoms with E-state index in [1.807, 2.05) is 0 Å². The van der Waals surface area contributed by atoms with Crippen LogP contribution in [0.4, 0.5) is 17.6 Å². The fraction of sp³-hybridized carbons (Fsp3) is 0. The fourth-order valence-corrected chi connectivity index (χ4v) is 2.11. The largest absolute Gasteiger partial charge is 0.227 e. The number of hydrogen-bond acceptors (Lipinski definition) is 3. The van der Waals surface area contributed by atoms with Crippen molar-refractivity contribution in [2.45, 2.75) is 4.34 Å². The first-order valence-electron chi connectivity index (χ1n) is 3.33. The van der Waals surface area contributed by atoms with Crippen LogP contribution in [0.2, 0.25) is 0 Å². The van der Waals surface area contributed by atoms with Crippen LogP contribution in [0.3, 0.4) is 0 Å². The van der Waals surface area contributed by atoms with Crippen LogP contribution in [0.15, 0.2) is 4.34 Å². The van der Waals surface area contributed by atoms with Crippen molar-refractivity contribution in [3.63, 3.8) is 0 Å². The Bertz CT molecular complexity index is 477. The van der Waals surface area contributed by atoms with Crippen molar-refractivity contribution < 1.29 is 17.6 Å². The van der Waals surface area contributed by atoms with Crippen molar-refractivity contribution in [2.24, 2.45) is 0 Å². The molecule has 0 aliphatic rings. The third kappa shape index (κ3) is 1.19. The second kappa shape index (κ2) is 3.09. The Hall–Kier alpha value is -0.820. The summed E-state index contributed by atoms with van der Waals surface area (Å²) in [5.41, 5.74) is -0.531. The molecule has 14 heavy (non-hydrogen) atoms. The number of aromatic nitrogens is 1. The average Bonchev–Trinajstić information content (AvgIpc) is 2.54. The molecule has 7 heteroatoms. The molecule has 2 aromatic rings. The lowest BCUT2D eigenvalue weighted by molar-refractivity contribution is 0.418. The molecule has 0 spiro atoms. The predicted octanol–water partition coefficient (Wildman–Crippen LogP) is 3.14. The lowest BCUT2D eigenvalue weighted by Gasteiger charge is -1.97. The Morgan fingerprint density at radius 1 is 0.929 bits per heavy atom. The molecule has 0 N–H and O–H groups in total. The van der Waals surface area contributed by atoms with Crippen molar-refractivity contribution in [1.82, 2.24) is 4.98 Å². The highest BCUT2D eigenvalue weighted by atomic mass is 32.2. The van der Waals surface area contributed by atoms with Crippen LogP contribution in [0.5, 0.6) is 0 Å². The molecule has 0 amide bonds. The van der Waals surface area contributed by atoms with Crippen molar-refractivity contribution in [1.29, 1.82) is 0 Å². The van der Waals surface area contributed by atoms with Crippen molar-refractivity contribution in [3.8, 4) is 0 Å². The zero-order valence-electron chi connectivity index (χ0n) is 6.31. The second-order valence-electron chi connectivity index (χ2n) is 2.43. The topological polar surface area (TPSA) is 12.9 Å². The van der Waals surface area contributed by atoms with E-state index in [2.05, 4.69) is 17.6 Å². The Kier molecular flexibility index (Phi) is 2.15. The maximum absolute atomic E-state index is 13.0. The maximum atomic E-state index is 13.0. The summed E-state index contributed by atoms with van der Waals surface area (Å²) in [5, 5.41) is 0. The summed E-state index contributed by atoms with van der Waals surface area (Å²) in [4.78, 5) is 3.44. The van der Waals surface area contributed by atoms with E-state index in [0.717, 1.165) is 0 Å². The molecule has 0 aliphatic heterocycles. The van der Waals surface area contributed by atoms with E-state index in [1.165, 1.54) is 0 Å². The van der Waals surface area contributed by atoms with Crippen LogP contribution in [-0.4, -0.2) is 4.98 Å². The summed E-state index contributed by atoms with van der Waals surface area (Å²) in [6.07, 6.45) is 0. The third-order valence-electron chi connectivity index (χ3n) is 1.60. The fourth-order valence-electron chi connectivity index (χ4n) is 1.00. The number of halogens is 4. The maximum Gasteiger partial charge on any atom is 0.199 e. The van der Waals surface area contributed by atoms with E-state index in [-0.39, 0.29) is 9.04 Å². The average molecular weight is 239 g/mol. The molecule has 1 heterocycles. The van der Waals surface area contributed by atoms with Crippen molar-refractivity contribution in [2.75, 3.05) is 0 Å². The number of hydrogen-bond donors (Lipinski definition) is 1. The zero-order valence-corrected chi connectivity index (χ0v) is 8.03. The van der Waals surface area contributed by atoms with Crippen LogP contribution in [0, 0.1) is 23.3 Å². The highest BCUT2D eigenvalue weighted by molar-refractivity contribution is 7.82. The van der Waals surface area contributed by atoms with E-state index in [4.69, 9.17) is 0 Å².